The fraction of sp³-hybridized carbons (Fsp3) is 0.556. The summed E-state index contributed by atoms with van der Waals surface area (Å²) in [6.07, 6.45) is 6.05. The first-order valence-corrected chi connectivity index (χ1v) is 4.22. The Morgan fingerprint density at radius 2 is 2.21 bits per heavy atom. The number of carboxylic acid groups (broad SMARTS) is 1. The summed E-state index contributed by atoms with van der Waals surface area (Å²) >= 11 is 0. The molecule has 0 fully saturated rings. The van der Waals surface area contributed by atoms with Gasteiger partial charge in [0.25, 0.3) is 0 Å². The maximum absolute atomic E-state index is 10.4. The molecule has 5 heteroatoms. The topological polar surface area (TPSA) is 55.1 Å². The summed E-state index contributed by atoms with van der Waals surface area (Å²) < 4.78 is 1.93. The Kier molecular flexibility index (Phi) is 4.63. The molecule has 1 aromatic rings. The number of rotatable bonds is 4. The standard InChI is InChI=1S/C9H14N2O2.ClH/c1-9(2,4-3-8(12)13)11-6-5-10-7-11;/h5-7H,3-4H2,1-2H3,(H,12,13);1H. The minimum Gasteiger partial charge on any atom is -0.481 e. The van der Waals surface area contributed by atoms with Gasteiger partial charge in [0.15, 0.2) is 0 Å². The Balaban J connectivity index is 0.00000169. The molecule has 0 aliphatic rings. The van der Waals surface area contributed by atoms with E-state index in [1.165, 1.54) is 0 Å². The van der Waals surface area contributed by atoms with E-state index in [1.54, 1.807) is 12.5 Å². The number of halogens is 1. The normalized spacial score (nSPS) is 10.7. The van der Waals surface area contributed by atoms with Crippen molar-refractivity contribution in [1.29, 1.82) is 0 Å². The largest absolute Gasteiger partial charge is 0.481 e. The highest BCUT2D eigenvalue weighted by molar-refractivity contribution is 5.85. The van der Waals surface area contributed by atoms with Crippen LogP contribution in [0, 0.1) is 0 Å². The van der Waals surface area contributed by atoms with Crippen LogP contribution in [0.25, 0.3) is 0 Å². The Labute approximate surface area is 89.4 Å². The summed E-state index contributed by atoms with van der Waals surface area (Å²) in [5.74, 6) is -0.756. The first-order valence-electron chi connectivity index (χ1n) is 4.22. The summed E-state index contributed by atoms with van der Waals surface area (Å²) in [5.41, 5.74) is -0.172. The van der Waals surface area contributed by atoms with E-state index >= 15 is 0 Å². The van der Waals surface area contributed by atoms with E-state index in [0.717, 1.165) is 0 Å². The first kappa shape index (κ1) is 13.0. The van der Waals surface area contributed by atoms with Crippen LogP contribution >= 0.6 is 12.4 Å². The van der Waals surface area contributed by atoms with Crippen LogP contribution in [-0.2, 0) is 10.3 Å². The van der Waals surface area contributed by atoms with Crippen molar-refractivity contribution in [3.05, 3.63) is 18.7 Å². The molecule has 0 aliphatic carbocycles. The lowest BCUT2D eigenvalue weighted by Gasteiger charge is -2.25. The van der Waals surface area contributed by atoms with Gasteiger partial charge < -0.3 is 9.67 Å². The quantitative estimate of drug-likeness (QED) is 0.840. The number of nitrogens with zero attached hydrogens (tertiary/aromatic N) is 2. The molecule has 1 heterocycles. The van der Waals surface area contributed by atoms with Crippen molar-refractivity contribution in [3.8, 4) is 0 Å². The SMILES string of the molecule is CC(C)(CCC(=O)O)n1ccnc1.Cl. The molecular weight excluding hydrogens is 204 g/mol. The molecule has 0 aliphatic heterocycles. The van der Waals surface area contributed by atoms with Gasteiger partial charge in [-0.15, -0.1) is 12.4 Å². The molecule has 80 valence electrons. The van der Waals surface area contributed by atoms with Gasteiger partial charge in [0, 0.05) is 24.4 Å². The average molecular weight is 219 g/mol. The Hall–Kier alpha value is -1.03. The number of carboxylic acids is 1. The van der Waals surface area contributed by atoms with Crippen LogP contribution in [0.3, 0.4) is 0 Å². The van der Waals surface area contributed by atoms with Crippen molar-refractivity contribution in [2.24, 2.45) is 0 Å². The van der Waals surface area contributed by atoms with Crippen molar-refractivity contribution < 1.29 is 9.90 Å². The molecule has 14 heavy (non-hydrogen) atoms. The zero-order chi connectivity index (χ0) is 9.90. The van der Waals surface area contributed by atoms with Crippen LogP contribution in [0.5, 0.6) is 0 Å². The molecule has 1 rings (SSSR count). The van der Waals surface area contributed by atoms with E-state index in [2.05, 4.69) is 4.98 Å². The van der Waals surface area contributed by atoms with Gasteiger partial charge in [-0.3, -0.25) is 4.79 Å². The molecule has 0 aromatic carbocycles. The predicted octanol–water partition coefficient (Wildman–Crippen LogP) is 1.90. The average Bonchev–Trinajstić information content (AvgIpc) is 2.53. The lowest BCUT2D eigenvalue weighted by molar-refractivity contribution is -0.137. The second-order valence-corrected chi connectivity index (χ2v) is 3.68. The molecule has 0 radical (unpaired) electrons. The maximum atomic E-state index is 10.4. The monoisotopic (exact) mass is 218 g/mol. The van der Waals surface area contributed by atoms with Gasteiger partial charge in [0.2, 0.25) is 0 Å². The third-order valence-corrected chi connectivity index (χ3v) is 2.15. The van der Waals surface area contributed by atoms with Gasteiger partial charge in [-0.25, -0.2) is 4.98 Å². The van der Waals surface area contributed by atoms with Gasteiger partial charge in [-0.1, -0.05) is 0 Å². The molecule has 0 saturated heterocycles. The molecule has 0 bridgehead atoms. The number of carbonyl (C=O) groups is 1. The maximum Gasteiger partial charge on any atom is 0.303 e. The number of imidazole rings is 1. The van der Waals surface area contributed by atoms with Crippen LogP contribution in [-0.4, -0.2) is 20.6 Å². The summed E-state index contributed by atoms with van der Waals surface area (Å²) in [5, 5.41) is 8.55. The fourth-order valence-electron chi connectivity index (χ4n) is 1.16. The number of hydrogen-bond acceptors (Lipinski definition) is 2. The third-order valence-electron chi connectivity index (χ3n) is 2.15. The molecular formula is C9H15ClN2O2. The Morgan fingerprint density at radius 1 is 1.57 bits per heavy atom. The number of hydrogen-bond donors (Lipinski definition) is 1. The Morgan fingerprint density at radius 3 is 2.64 bits per heavy atom. The molecule has 4 nitrogen and oxygen atoms in total. The molecule has 0 unspecified atom stereocenters. The summed E-state index contributed by atoms with van der Waals surface area (Å²) in [4.78, 5) is 14.3. The van der Waals surface area contributed by atoms with E-state index in [9.17, 15) is 4.79 Å². The van der Waals surface area contributed by atoms with E-state index in [4.69, 9.17) is 5.11 Å². The molecule has 1 aromatic heterocycles. The second kappa shape index (κ2) is 5.00. The van der Waals surface area contributed by atoms with Crippen molar-refractivity contribution in [2.75, 3.05) is 0 Å². The minimum absolute atomic E-state index is 0. The smallest absolute Gasteiger partial charge is 0.303 e. The molecule has 1 N–H and O–H groups in total. The highest BCUT2D eigenvalue weighted by Crippen LogP contribution is 2.20. The van der Waals surface area contributed by atoms with Crippen molar-refractivity contribution in [3.63, 3.8) is 0 Å². The fourth-order valence-corrected chi connectivity index (χ4v) is 1.16. The van der Waals surface area contributed by atoms with Gasteiger partial charge in [0.1, 0.15) is 0 Å². The molecule has 0 amide bonds. The van der Waals surface area contributed by atoms with E-state index < -0.39 is 5.97 Å². The van der Waals surface area contributed by atoms with E-state index in [-0.39, 0.29) is 24.4 Å². The number of aromatic nitrogens is 2. The second-order valence-electron chi connectivity index (χ2n) is 3.68. The van der Waals surface area contributed by atoms with Gasteiger partial charge in [-0.05, 0) is 20.3 Å². The van der Waals surface area contributed by atoms with Crippen LogP contribution in [0.2, 0.25) is 0 Å². The van der Waals surface area contributed by atoms with E-state index in [0.29, 0.717) is 6.42 Å². The third kappa shape index (κ3) is 3.38. The van der Waals surface area contributed by atoms with Gasteiger partial charge >= 0.3 is 5.97 Å². The van der Waals surface area contributed by atoms with Crippen molar-refractivity contribution >= 4 is 18.4 Å². The van der Waals surface area contributed by atoms with Crippen molar-refractivity contribution in [2.45, 2.75) is 32.2 Å². The molecule has 0 saturated carbocycles. The summed E-state index contributed by atoms with van der Waals surface area (Å²) in [6.45, 7) is 4.00. The lowest BCUT2D eigenvalue weighted by atomic mass is 9.98. The van der Waals surface area contributed by atoms with Crippen LogP contribution < -0.4 is 0 Å². The zero-order valence-corrected chi connectivity index (χ0v) is 9.12. The van der Waals surface area contributed by atoms with E-state index in [1.807, 2.05) is 24.6 Å². The summed E-state index contributed by atoms with van der Waals surface area (Å²) in [6, 6.07) is 0. The number of aliphatic carboxylic acids is 1. The highest BCUT2D eigenvalue weighted by Gasteiger charge is 2.20. The van der Waals surface area contributed by atoms with Gasteiger partial charge in [0.05, 0.1) is 6.33 Å². The predicted molar refractivity (Wildman–Crippen MR) is 55.7 cm³/mol. The first-order chi connectivity index (χ1) is 6.02. The molecule has 0 atom stereocenters. The van der Waals surface area contributed by atoms with Gasteiger partial charge in [-0.2, -0.15) is 0 Å². The van der Waals surface area contributed by atoms with Crippen LogP contribution in [0.1, 0.15) is 26.7 Å². The highest BCUT2D eigenvalue weighted by atomic mass is 35.5. The lowest BCUT2D eigenvalue weighted by Crippen LogP contribution is -2.25. The zero-order valence-electron chi connectivity index (χ0n) is 8.30. The van der Waals surface area contributed by atoms with Crippen LogP contribution in [0.4, 0.5) is 0 Å². The van der Waals surface area contributed by atoms with Crippen molar-refractivity contribution in [1.82, 2.24) is 9.55 Å². The van der Waals surface area contributed by atoms with Crippen LogP contribution in [0.15, 0.2) is 18.7 Å². The Bertz CT molecular complexity index is 283. The summed E-state index contributed by atoms with van der Waals surface area (Å²) in [7, 11) is 0. The molecule has 0 spiro atoms. The minimum atomic E-state index is -0.756.